The minimum Gasteiger partial charge on any atom is -0.480 e. The van der Waals surface area contributed by atoms with Gasteiger partial charge >= 0.3 is 18.2 Å². The average molecular weight is 481 g/mol. The van der Waals surface area contributed by atoms with Crippen LogP contribution in [0, 0.1) is 5.92 Å². The van der Waals surface area contributed by atoms with Gasteiger partial charge in [-0.25, -0.2) is 14.4 Å². The molecule has 1 heterocycles. The molecule has 186 valence electrons. The molecule has 2 aliphatic rings. The molecule has 4 rings (SSSR count). The maximum absolute atomic E-state index is 12.4. The number of likely N-dealkylation sites (tertiary alicyclic amines) is 1. The summed E-state index contributed by atoms with van der Waals surface area (Å²) in [6.45, 7) is 6.07. The van der Waals surface area contributed by atoms with Crippen LogP contribution >= 0.6 is 0 Å². The average Bonchev–Trinajstić information content (AvgIpc) is 3.37. The predicted molar refractivity (Wildman–Crippen MR) is 130 cm³/mol. The summed E-state index contributed by atoms with van der Waals surface area (Å²) in [5, 5.41) is 12.3. The number of rotatable bonds is 6. The number of carboxylic acid groups (broad SMARTS) is 1. The Labute approximate surface area is 205 Å². The van der Waals surface area contributed by atoms with Crippen LogP contribution in [0.3, 0.4) is 0 Å². The smallest absolute Gasteiger partial charge is 0.411 e. The predicted octanol–water partition coefficient (Wildman–Crippen LogP) is 4.63. The number of aliphatic carboxylic acids is 1. The molecule has 0 unspecified atom stereocenters. The zero-order chi connectivity index (χ0) is 25.2. The highest BCUT2D eigenvalue weighted by Gasteiger charge is 2.41. The van der Waals surface area contributed by atoms with Crippen LogP contribution in [0.1, 0.15) is 50.7 Å². The van der Waals surface area contributed by atoms with E-state index in [-0.39, 0.29) is 25.0 Å². The lowest BCUT2D eigenvalue weighted by atomic mass is 9.98. The van der Waals surface area contributed by atoms with Crippen molar-refractivity contribution in [2.24, 2.45) is 5.92 Å². The van der Waals surface area contributed by atoms with Crippen LogP contribution < -0.4 is 5.32 Å². The van der Waals surface area contributed by atoms with Gasteiger partial charge in [0.1, 0.15) is 18.2 Å². The molecule has 2 aromatic rings. The Balaban J connectivity index is 1.27. The number of carboxylic acids is 1. The number of hydrogen-bond acceptors (Lipinski definition) is 5. The van der Waals surface area contributed by atoms with E-state index in [9.17, 15) is 19.5 Å². The van der Waals surface area contributed by atoms with Crippen molar-refractivity contribution in [3.63, 3.8) is 0 Å². The molecule has 0 radical (unpaired) electrons. The SMILES string of the molecule is CC(C)(C)OC(=O)N1C[C@H](CCNC(=O)OCC2c3ccccc3-c3ccccc32)C[C@H]1C(=O)O. The number of carbonyl (C=O) groups is 3. The van der Waals surface area contributed by atoms with E-state index in [0.717, 1.165) is 11.1 Å². The molecule has 0 bridgehead atoms. The fourth-order valence-corrected chi connectivity index (χ4v) is 4.92. The van der Waals surface area contributed by atoms with Crippen LogP contribution in [0.2, 0.25) is 0 Å². The molecule has 2 N–H and O–H groups in total. The van der Waals surface area contributed by atoms with Crippen molar-refractivity contribution in [2.75, 3.05) is 19.7 Å². The highest BCUT2D eigenvalue weighted by atomic mass is 16.6. The largest absolute Gasteiger partial charge is 0.480 e. The number of carbonyl (C=O) groups excluding carboxylic acids is 2. The van der Waals surface area contributed by atoms with Gasteiger partial charge in [0.15, 0.2) is 0 Å². The summed E-state index contributed by atoms with van der Waals surface area (Å²) >= 11 is 0. The Hall–Kier alpha value is -3.55. The second-order valence-electron chi connectivity index (χ2n) is 10.1. The summed E-state index contributed by atoms with van der Waals surface area (Å²) in [7, 11) is 0. The Morgan fingerprint density at radius 2 is 1.63 bits per heavy atom. The molecule has 1 fully saturated rings. The molecule has 8 nitrogen and oxygen atoms in total. The van der Waals surface area contributed by atoms with Crippen LogP contribution in [-0.2, 0) is 14.3 Å². The van der Waals surface area contributed by atoms with E-state index < -0.39 is 29.8 Å². The van der Waals surface area contributed by atoms with Crippen LogP contribution in [0.4, 0.5) is 9.59 Å². The lowest BCUT2D eigenvalue weighted by Crippen LogP contribution is -2.43. The Kier molecular flexibility index (Phi) is 7.00. The summed E-state index contributed by atoms with van der Waals surface area (Å²) in [6.07, 6.45) is -0.283. The van der Waals surface area contributed by atoms with E-state index in [4.69, 9.17) is 9.47 Å². The van der Waals surface area contributed by atoms with Crippen molar-refractivity contribution in [3.8, 4) is 11.1 Å². The second-order valence-corrected chi connectivity index (χ2v) is 10.1. The molecule has 2 amide bonds. The first kappa shape index (κ1) is 24.6. The van der Waals surface area contributed by atoms with Crippen molar-refractivity contribution >= 4 is 18.2 Å². The Bertz CT molecular complexity index is 1060. The van der Waals surface area contributed by atoms with Gasteiger partial charge in [-0.05, 0) is 61.8 Å². The van der Waals surface area contributed by atoms with Gasteiger partial charge in [-0.15, -0.1) is 0 Å². The van der Waals surface area contributed by atoms with Gasteiger partial charge in [0, 0.05) is 19.0 Å². The van der Waals surface area contributed by atoms with E-state index in [2.05, 4.69) is 29.6 Å². The van der Waals surface area contributed by atoms with Crippen LogP contribution in [0.5, 0.6) is 0 Å². The molecule has 2 atom stereocenters. The fourth-order valence-electron chi connectivity index (χ4n) is 4.92. The van der Waals surface area contributed by atoms with E-state index in [1.54, 1.807) is 20.8 Å². The van der Waals surface area contributed by atoms with E-state index in [0.29, 0.717) is 19.4 Å². The monoisotopic (exact) mass is 480 g/mol. The van der Waals surface area contributed by atoms with E-state index in [1.165, 1.54) is 16.0 Å². The van der Waals surface area contributed by atoms with Crippen LogP contribution in [-0.4, -0.2) is 59.5 Å². The zero-order valence-corrected chi connectivity index (χ0v) is 20.3. The molecule has 0 aromatic heterocycles. The lowest BCUT2D eigenvalue weighted by molar-refractivity contribution is -0.142. The first-order valence-electron chi connectivity index (χ1n) is 12.0. The molecule has 1 aliphatic carbocycles. The van der Waals surface area contributed by atoms with Gasteiger partial charge in [-0.3, -0.25) is 4.90 Å². The number of ether oxygens (including phenoxy) is 2. The zero-order valence-electron chi connectivity index (χ0n) is 20.3. The number of hydrogen-bond donors (Lipinski definition) is 2. The van der Waals surface area contributed by atoms with Crippen molar-refractivity contribution < 1.29 is 29.0 Å². The maximum atomic E-state index is 12.4. The Morgan fingerprint density at radius 1 is 1.03 bits per heavy atom. The highest BCUT2D eigenvalue weighted by Crippen LogP contribution is 2.44. The minimum absolute atomic E-state index is 0.0123. The van der Waals surface area contributed by atoms with Gasteiger partial charge in [0.2, 0.25) is 0 Å². The third kappa shape index (κ3) is 5.58. The molecule has 0 spiro atoms. The van der Waals surface area contributed by atoms with Crippen molar-refractivity contribution in [3.05, 3.63) is 59.7 Å². The number of alkyl carbamates (subject to hydrolysis) is 1. The number of fused-ring (bicyclic) bond motifs is 3. The summed E-state index contributed by atoms with van der Waals surface area (Å²) in [5.74, 6) is -1.12. The summed E-state index contributed by atoms with van der Waals surface area (Å²) in [6, 6.07) is 15.4. The first-order valence-corrected chi connectivity index (χ1v) is 12.0. The Morgan fingerprint density at radius 3 is 2.20 bits per heavy atom. The van der Waals surface area contributed by atoms with Crippen molar-refractivity contribution in [2.45, 2.75) is 51.2 Å². The normalized spacial score (nSPS) is 19.1. The molecule has 35 heavy (non-hydrogen) atoms. The lowest BCUT2D eigenvalue weighted by Gasteiger charge is -2.26. The molecule has 1 saturated heterocycles. The minimum atomic E-state index is -1.05. The highest BCUT2D eigenvalue weighted by molar-refractivity contribution is 5.81. The van der Waals surface area contributed by atoms with Gasteiger partial charge in [-0.2, -0.15) is 0 Å². The molecular weight excluding hydrogens is 448 g/mol. The third-order valence-electron chi connectivity index (χ3n) is 6.47. The van der Waals surface area contributed by atoms with Gasteiger partial charge in [0.05, 0.1) is 0 Å². The molecule has 1 aliphatic heterocycles. The molecule has 8 heteroatoms. The molecule has 0 saturated carbocycles. The maximum Gasteiger partial charge on any atom is 0.411 e. The number of nitrogens with one attached hydrogen (secondary N) is 1. The standard InChI is InChI=1S/C27H32N2O6/c1-27(2,3)35-26(33)29-15-17(14-23(29)24(30)31)12-13-28-25(32)34-16-22-20-10-6-4-8-18(20)19-9-5-7-11-21(19)22/h4-11,17,22-23H,12-16H2,1-3H3,(H,28,32)(H,30,31)/t17-,23+/m1/s1. The van der Waals surface area contributed by atoms with Crippen LogP contribution in [0.15, 0.2) is 48.5 Å². The summed E-state index contributed by atoms with van der Waals surface area (Å²) in [4.78, 5) is 37.8. The van der Waals surface area contributed by atoms with Gasteiger partial charge in [-0.1, -0.05) is 48.5 Å². The fraction of sp³-hybridized carbons (Fsp3) is 0.444. The van der Waals surface area contributed by atoms with Gasteiger partial charge in [0.25, 0.3) is 0 Å². The number of benzene rings is 2. The number of amides is 2. The van der Waals surface area contributed by atoms with Crippen molar-refractivity contribution in [1.29, 1.82) is 0 Å². The summed E-state index contributed by atoms with van der Waals surface area (Å²) < 4.78 is 10.9. The van der Waals surface area contributed by atoms with E-state index >= 15 is 0 Å². The van der Waals surface area contributed by atoms with Gasteiger partial charge < -0.3 is 19.9 Å². The summed E-state index contributed by atoms with van der Waals surface area (Å²) in [5.41, 5.74) is 3.93. The second kappa shape index (κ2) is 9.98. The molecular formula is C27H32N2O6. The molecule has 2 aromatic carbocycles. The third-order valence-corrected chi connectivity index (χ3v) is 6.47. The first-order chi connectivity index (χ1) is 16.6. The van der Waals surface area contributed by atoms with Crippen LogP contribution in [0.25, 0.3) is 11.1 Å². The van der Waals surface area contributed by atoms with E-state index in [1.807, 2.05) is 24.3 Å². The number of nitrogens with zero attached hydrogens (tertiary/aromatic N) is 1. The van der Waals surface area contributed by atoms with Crippen molar-refractivity contribution in [1.82, 2.24) is 10.2 Å². The topological polar surface area (TPSA) is 105 Å². The quantitative estimate of drug-likeness (QED) is 0.625.